The number of carbonyl (C=O) groups excluding carboxylic acids is 1. The van der Waals surface area contributed by atoms with Crippen LogP contribution in [0.1, 0.15) is 64.2 Å². The molecule has 18 heavy (non-hydrogen) atoms. The lowest BCUT2D eigenvalue weighted by Gasteiger charge is -2.24. The Kier molecular flexibility index (Phi) is 2.78. The zero-order valence-electron chi connectivity index (χ0n) is 11.4. The molecule has 1 nitrogen and oxygen atoms in total. The number of fused-ring (bicyclic) bond motifs is 4. The molecule has 0 aromatic carbocycles. The highest BCUT2D eigenvalue weighted by molar-refractivity contribution is 5.79. The average molecular weight is 246 g/mol. The van der Waals surface area contributed by atoms with Crippen LogP contribution >= 0.6 is 0 Å². The SMILES string of the molecule is O=C(C[C@@H]1CC2CC[C@H]1C2)C[C@@H]1CC2CC[C@H]1C2. The van der Waals surface area contributed by atoms with Crippen molar-refractivity contribution in [2.24, 2.45) is 35.5 Å². The van der Waals surface area contributed by atoms with E-state index in [0.29, 0.717) is 5.78 Å². The van der Waals surface area contributed by atoms with Crippen LogP contribution in [-0.2, 0) is 4.79 Å². The fraction of sp³-hybridized carbons (Fsp3) is 0.941. The van der Waals surface area contributed by atoms with Crippen LogP contribution in [0.25, 0.3) is 0 Å². The summed E-state index contributed by atoms with van der Waals surface area (Å²) in [5.74, 6) is 6.04. The summed E-state index contributed by atoms with van der Waals surface area (Å²) in [7, 11) is 0. The Balaban J connectivity index is 1.29. The molecule has 4 aliphatic carbocycles. The van der Waals surface area contributed by atoms with Crippen molar-refractivity contribution >= 4 is 5.78 Å². The Hall–Kier alpha value is -0.330. The first-order valence-corrected chi connectivity index (χ1v) is 8.29. The zero-order valence-corrected chi connectivity index (χ0v) is 11.4. The van der Waals surface area contributed by atoms with Crippen molar-refractivity contribution in [1.29, 1.82) is 0 Å². The van der Waals surface area contributed by atoms with Gasteiger partial charge in [-0.05, 0) is 74.0 Å². The first-order chi connectivity index (χ1) is 8.78. The molecule has 0 amide bonds. The molecule has 4 saturated carbocycles. The molecule has 4 rings (SSSR count). The van der Waals surface area contributed by atoms with Crippen molar-refractivity contribution < 1.29 is 4.79 Å². The molecule has 0 aliphatic heterocycles. The third-order valence-corrected chi connectivity index (χ3v) is 6.75. The van der Waals surface area contributed by atoms with Gasteiger partial charge in [0.1, 0.15) is 5.78 Å². The van der Waals surface area contributed by atoms with Gasteiger partial charge in [-0.2, -0.15) is 0 Å². The summed E-state index contributed by atoms with van der Waals surface area (Å²) in [6.45, 7) is 0. The summed E-state index contributed by atoms with van der Waals surface area (Å²) in [6.07, 6.45) is 13.3. The maximum absolute atomic E-state index is 12.3. The molecule has 0 heterocycles. The van der Waals surface area contributed by atoms with Gasteiger partial charge < -0.3 is 0 Å². The maximum Gasteiger partial charge on any atom is 0.133 e. The van der Waals surface area contributed by atoms with Crippen LogP contribution < -0.4 is 0 Å². The highest BCUT2D eigenvalue weighted by Crippen LogP contribution is 2.51. The van der Waals surface area contributed by atoms with E-state index < -0.39 is 0 Å². The lowest BCUT2D eigenvalue weighted by atomic mass is 9.81. The third-order valence-electron chi connectivity index (χ3n) is 6.75. The van der Waals surface area contributed by atoms with Gasteiger partial charge in [0.15, 0.2) is 0 Å². The second-order valence-corrected chi connectivity index (χ2v) is 7.82. The van der Waals surface area contributed by atoms with E-state index in [1.807, 2.05) is 0 Å². The molecule has 0 radical (unpaired) electrons. The normalized spacial score (nSPS) is 49.1. The summed E-state index contributed by atoms with van der Waals surface area (Å²) in [6, 6.07) is 0. The predicted molar refractivity (Wildman–Crippen MR) is 72.1 cm³/mol. The van der Waals surface area contributed by atoms with Gasteiger partial charge >= 0.3 is 0 Å². The largest absolute Gasteiger partial charge is 0.300 e. The van der Waals surface area contributed by atoms with Crippen molar-refractivity contribution in [2.45, 2.75) is 64.2 Å². The Morgan fingerprint density at radius 2 is 1.22 bits per heavy atom. The topological polar surface area (TPSA) is 17.1 Å². The molecule has 1 heteroatoms. The van der Waals surface area contributed by atoms with Crippen LogP contribution in [0.15, 0.2) is 0 Å². The van der Waals surface area contributed by atoms with Crippen molar-refractivity contribution in [2.75, 3.05) is 0 Å². The molecule has 0 aromatic rings. The monoisotopic (exact) mass is 246 g/mol. The van der Waals surface area contributed by atoms with Crippen molar-refractivity contribution in [3.8, 4) is 0 Å². The Bertz CT molecular complexity index is 316. The number of carbonyl (C=O) groups is 1. The molecule has 2 unspecified atom stereocenters. The number of rotatable bonds is 4. The zero-order chi connectivity index (χ0) is 12.1. The maximum atomic E-state index is 12.3. The van der Waals surface area contributed by atoms with E-state index in [9.17, 15) is 4.79 Å². The molecule has 0 N–H and O–H groups in total. The molecular weight excluding hydrogens is 220 g/mol. The fourth-order valence-electron chi connectivity index (χ4n) is 5.92. The van der Waals surface area contributed by atoms with Crippen LogP contribution in [0.2, 0.25) is 0 Å². The van der Waals surface area contributed by atoms with Crippen molar-refractivity contribution in [1.82, 2.24) is 0 Å². The van der Waals surface area contributed by atoms with Gasteiger partial charge in [0, 0.05) is 12.8 Å². The molecule has 0 spiro atoms. The van der Waals surface area contributed by atoms with E-state index in [1.165, 1.54) is 51.4 Å². The van der Waals surface area contributed by atoms with E-state index in [-0.39, 0.29) is 0 Å². The Morgan fingerprint density at radius 3 is 1.56 bits per heavy atom. The molecule has 6 atom stereocenters. The van der Waals surface area contributed by atoms with Gasteiger partial charge in [-0.1, -0.05) is 12.8 Å². The lowest BCUT2D eigenvalue weighted by Crippen LogP contribution is -2.19. The van der Waals surface area contributed by atoms with Crippen LogP contribution in [0.4, 0.5) is 0 Å². The second kappa shape index (κ2) is 4.35. The van der Waals surface area contributed by atoms with Gasteiger partial charge in [0.05, 0.1) is 0 Å². The highest BCUT2D eigenvalue weighted by Gasteiger charge is 2.42. The summed E-state index contributed by atoms with van der Waals surface area (Å²) in [4.78, 5) is 12.3. The van der Waals surface area contributed by atoms with Crippen LogP contribution in [0, 0.1) is 35.5 Å². The van der Waals surface area contributed by atoms with Crippen LogP contribution in [0.5, 0.6) is 0 Å². The minimum absolute atomic E-state index is 0.616. The molecule has 4 bridgehead atoms. The quantitative estimate of drug-likeness (QED) is 0.726. The summed E-state index contributed by atoms with van der Waals surface area (Å²) in [5, 5.41) is 0. The number of ketones is 1. The van der Waals surface area contributed by atoms with E-state index in [4.69, 9.17) is 0 Å². The second-order valence-electron chi connectivity index (χ2n) is 7.82. The van der Waals surface area contributed by atoms with E-state index in [2.05, 4.69) is 0 Å². The predicted octanol–water partition coefficient (Wildman–Crippen LogP) is 4.21. The smallest absolute Gasteiger partial charge is 0.133 e. The van der Waals surface area contributed by atoms with E-state index >= 15 is 0 Å². The van der Waals surface area contributed by atoms with Gasteiger partial charge in [-0.25, -0.2) is 0 Å². The number of Topliss-reactive ketones (excluding diaryl/α,β-unsaturated/α-hetero) is 1. The summed E-state index contributed by atoms with van der Waals surface area (Å²) < 4.78 is 0. The van der Waals surface area contributed by atoms with Gasteiger partial charge in [-0.3, -0.25) is 4.79 Å². The lowest BCUT2D eigenvalue weighted by molar-refractivity contribution is -0.121. The molecule has 100 valence electrons. The molecule has 4 fully saturated rings. The van der Waals surface area contributed by atoms with Crippen molar-refractivity contribution in [3.05, 3.63) is 0 Å². The van der Waals surface area contributed by atoms with Crippen LogP contribution in [-0.4, -0.2) is 5.78 Å². The summed E-state index contributed by atoms with van der Waals surface area (Å²) in [5.41, 5.74) is 0. The minimum Gasteiger partial charge on any atom is -0.300 e. The van der Waals surface area contributed by atoms with E-state index in [0.717, 1.165) is 48.3 Å². The standard InChI is InChI=1S/C17H26O/c18-17(9-15-7-11-1-3-13(15)5-11)10-16-8-12-2-4-14(16)6-12/h11-16H,1-10H2/t11?,12?,13-,14-,15-,16-/m0/s1. The minimum atomic E-state index is 0.616. The molecule has 4 aliphatic rings. The van der Waals surface area contributed by atoms with Crippen LogP contribution in [0.3, 0.4) is 0 Å². The Morgan fingerprint density at radius 1 is 0.722 bits per heavy atom. The third kappa shape index (κ3) is 1.94. The Labute approximate surface area is 111 Å². The number of hydrogen-bond donors (Lipinski definition) is 0. The fourth-order valence-corrected chi connectivity index (χ4v) is 5.92. The molecular formula is C17H26O. The number of hydrogen-bond acceptors (Lipinski definition) is 1. The van der Waals surface area contributed by atoms with Crippen molar-refractivity contribution in [3.63, 3.8) is 0 Å². The van der Waals surface area contributed by atoms with E-state index in [1.54, 1.807) is 0 Å². The summed E-state index contributed by atoms with van der Waals surface area (Å²) >= 11 is 0. The highest BCUT2D eigenvalue weighted by atomic mass is 16.1. The first kappa shape index (κ1) is 11.5. The average Bonchev–Trinajstić information content (AvgIpc) is 3.08. The van der Waals surface area contributed by atoms with Gasteiger partial charge in [0.2, 0.25) is 0 Å². The molecule has 0 saturated heterocycles. The first-order valence-electron chi connectivity index (χ1n) is 8.29. The van der Waals surface area contributed by atoms with Gasteiger partial charge in [-0.15, -0.1) is 0 Å². The molecule has 0 aromatic heterocycles. The van der Waals surface area contributed by atoms with Gasteiger partial charge in [0.25, 0.3) is 0 Å².